The Morgan fingerprint density at radius 2 is 1.92 bits per heavy atom. The second kappa shape index (κ2) is 7.45. The van der Waals surface area contributed by atoms with Crippen molar-refractivity contribution in [2.24, 2.45) is 0 Å². The second-order valence-electron chi connectivity index (χ2n) is 5.54. The van der Waals surface area contributed by atoms with Crippen molar-refractivity contribution in [3.05, 3.63) is 47.0 Å². The zero-order chi connectivity index (χ0) is 16.9. The highest BCUT2D eigenvalue weighted by Gasteiger charge is 2.12. The summed E-state index contributed by atoms with van der Waals surface area (Å²) < 4.78 is 11.0. The van der Waals surface area contributed by atoms with E-state index < -0.39 is 0 Å². The van der Waals surface area contributed by atoms with Crippen LogP contribution in [0.5, 0.6) is 11.5 Å². The molecule has 0 spiro atoms. The van der Waals surface area contributed by atoms with Gasteiger partial charge < -0.3 is 20.1 Å². The minimum absolute atomic E-state index is 0.0705. The Morgan fingerprint density at radius 1 is 1.12 bits per heavy atom. The molecule has 0 unspecified atom stereocenters. The van der Waals surface area contributed by atoms with Crippen LogP contribution in [0.15, 0.2) is 36.4 Å². The van der Waals surface area contributed by atoms with Crippen LogP contribution in [-0.4, -0.2) is 25.7 Å². The van der Waals surface area contributed by atoms with Crippen LogP contribution in [0, 0.1) is 6.92 Å². The van der Waals surface area contributed by atoms with Gasteiger partial charge in [-0.1, -0.05) is 17.7 Å². The van der Waals surface area contributed by atoms with Crippen molar-refractivity contribution in [3.63, 3.8) is 0 Å². The van der Waals surface area contributed by atoms with Gasteiger partial charge in [0.25, 0.3) is 0 Å². The van der Waals surface area contributed by atoms with E-state index in [0.29, 0.717) is 48.4 Å². The van der Waals surface area contributed by atoms with Gasteiger partial charge in [-0.15, -0.1) is 0 Å². The molecular formula is C18H19ClN2O3. The Labute approximate surface area is 145 Å². The first-order valence-corrected chi connectivity index (χ1v) is 8.19. The van der Waals surface area contributed by atoms with E-state index in [1.54, 1.807) is 18.2 Å². The van der Waals surface area contributed by atoms with Crippen LogP contribution in [0.25, 0.3) is 0 Å². The number of hydrogen-bond donors (Lipinski definition) is 2. The van der Waals surface area contributed by atoms with Gasteiger partial charge in [-0.25, -0.2) is 0 Å². The fraction of sp³-hybridized carbons (Fsp3) is 0.278. The number of rotatable bonds is 5. The summed E-state index contributed by atoms with van der Waals surface area (Å²) in [7, 11) is 0. The molecule has 1 aliphatic rings. The van der Waals surface area contributed by atoms with Crippen LogP contribution >= 0.6 is 11.6 Å². The quantitative estimate of drug-likeness (QED) is 0.863. The normalized spacial score (nSPS) is 12.6. The number of fused-ring (bicyclic) bond motifs is 1. The van der Waals surface area contributed by atoms with Crippen molar-refractivity contribution in [3.8, 4) is 11.5 Å². The number of halogens is 1. The summed E-state index contributed by atoms with van der Waals surface area (Å²) >= 11 is 5.98. The second-order valence-corrected chi connectivity index (χ2v) is 5.98. The first kappa shape index (κ1) is 16.5. The van der Waals surface area contributed by atoms with Crippen molar-refractivity contribution in [2.75, 3.05) is 30.4 Å². The molecule has 2 aromatic rings. The molecule has 0 bridgehead atoms. The van der Waals surface area contributed by atoms with Crippen molar-refractivity contribution in [1.29, 1.82) is 0 Å². The first-order chi connectivity index (χ1) is 11.6. The lowest BCUT2D eigenvalue weighted by atomic mass is 10.2. The van der Waals surface area contributed by atoms with Crippen LogP contribution < -0.4 is 20.1 Å². The highest BCUT2D eigenvalue weighted by Crippen LogP contribution is 2.32. The fourth-order valence-electron chi connectivity index (χ4n) is 2.44. The van der Waals surface area contributed by atoms with Crippen molar-refractivity contribution >= 4 is 28.9 Å². The van der Waals surface area contributed by atoms with Crippen LogP contribution in [0.2, 0.25) is 5.02 Å². The van der Waals surface area contributed by atoms with E-state index in [1.165, 1.54) is 0 Å². The molecule has 0 aliphatic carbocycles. The molecule has 6 heteroatoms. The minimum Gasteiger partial charge on any atom is -0.486 e. The third-order valence-electron chi connectivity index (χ3n) is 3.69. The maximum absolute atomic E-state index is 12.1. The summed E-state index contributed by atoms with van der Waals surface area (Å²) in [5, 5.41) is 6.76. The van der Waals surface area contributed by atoms with Crippen molar-refractivity contribution in [2.45, 2.75) is 13.3 Å². The molecule has 24 heavy (non-hydrogen) atoms. The van der Waals surface area contributed by atoms with Crippen LogP contribution in [0.3, 0.4) is 0 Å². The Bertz CT molecular complexity index is 749. The number of ether oxygens (including phenoxy) is 2. The molecule has 5 nitrogen and oxygen atoms in total. The maximum Gasteiger partial charge on any atom is 0.226 e. The molecule has 3 rings (SSSR count). The summed E-state index contributed by atoms with van der Waals surface area (Å²) in [4.78, 5) is 12.1. The third kappa shape index (κ3) is 4.11. The highest BCUT2D eigenvalue weighted by atomic mass is 35.5. The smallest absolute Gasteiger partial charge is 0.226 e. The monoisotopic (exact) mass is 346 g/mol. The van der Waals surface area contributed by atoms with Gasteiger partial charge in [-0.3, -0.25) is 4.79 Å². The van der Waals surface area contributed by atoms with Gasteiger partial charge in [-0.2, -0.15) is 0 Å². The standard InChI is InChI=1S/C18H19ClN2O3/c1-12-2-3-13(19)10-15(12)20-7-6-18(22)21-14-4-5-16-17(11-14)24-9-8-23-16/h2-5,10-11,20H,6-9H2,1H3,(H,21,22). The predicted molar refractivity (Wildman–Crippen MR) is 95.4 cm³/mol. The Morgan fingerprint density at radius 3 is 2.75 bits per heavy atom. The van der Waals surface area contributed by atoms with Gasteiger partial charge in [0.05, 0.1) is 0 Å². The van der Waals surface area contributed by atoms with E-state index in [9.17, 15) is 4.79 Å². The fourth-order valence-corrected chi connectivity index (χ4v) is 2.61. The Kier molecular flexibility index (Phi) is 5.11. The van der Waals surface area contributed by atoms with E-state index in [-0.39, 0.29) is 5.91 Å². The lowest BCUT2D eigenvalue weighted by molar-refractivity contribution is -0.115. The first-order valence-electron chi connectivity index (χ1n) is 7.81. The van der Waals surface area contributed by atoms with Crippen molar-refractivity contribution in [1.82, 2.24) is 0 Å². The number of carbonyl (C=O) groups excluding carboxylic acids is 1. The molecular weight excluding hydrogens is 328 g/mol. The molecule has 2 N–H and O–H groups in total. The summed E-state index contributed by atoms with van der Waals surface area (Å²) in [6.07, 6.45) is 0.348. The van der Waals surface area contributed by atoms with E-state index in [0.717, 1.165) is 11.3 Å². The molecule has 0 fully saturated rings. The highest BCUT2D eigenvalue weighted by molar-refractivity contribution is 6.30. The molecule has 0 saturated heterocycles. The van der Waals surface area contributed by atoms with E-state index in [2.05, 4.69) is 10.6 Å². The van der Waals surface area contributed by atoms with E-state index in [4.69, 9.17) is 21.1 Å². The maximum atomic E-state index is 12.1. The zero-order valence-electron chi connectivity index (χ0n) is 13.4. The molecule has 0 atom stereocenters. The number of amides is 1. The topological polar surface area (TPSA) is 59.6 Å². The molecule has 1 aliphatic heterocycles. The van der Waals surface area contributed by atoms with Gasteiger partial charge in [0.15, 0.2) is 11.5 Å². The zero-order valence-corrected chi connectivity index (χ0v) is 14.2. The van der Waals surface area contributed by atoms with Gasteiger partial charge in [-0.05, 0) is 36.8 Å². The average Bonchev–Trinajstić information content (AvgIpc) is 2.58. The lowest BCUT2D eigenvalue weighted by Gasteiger charge is -2.19. The number of hydrogen-bond acceptors (Lipinski definition) is 4. The van der Waals surface area contributed by atoms with Crippen LogP contribution in [-0.2, 0) is 4.79 Å². The van der Waals surface area contributed by atoms with Crippen LogP contribution in [0.4, 0.5) is 11.4 Å². The average molecular weight is 347 g/mol. The molecule has 126 valence electrons. The van der Waals surface area contributed by atoms with Gasteiger partial charge in [0.2, 0.25) is 5.91 Å². The largest absolute Gasteiger partial charge is 0.486 e. The molecule has 0 radical (unpaired) electrons. The Hall–Kier alpha value is -2.40. The Balaban J connectivity index is 1.51. The van der Waals surface area contributed by atoms with E-state index in [1.807, 2.05) is 25.1 Å². The summed E-state index contributed by atoms with van der Waals surface area (Å²) in [6, 6.07) is 11.0. The number of nitrogens with one attached hydrogen (secondary N) is 2. The SMILES string of the molecule is Cc1ccc(Cl)cc1NCCC(=O)Nc1ccc2c(c1)OCCO2. The number of anilines is 2. The molecule has 1 heterocycles. The third-order valence-corrected chi connectivity index (χ3v) is 3.93. The molecule has 2 aromatic carbocycles. The van der Waals surface area contributed by atoms with Gasteiger partial charge in [0, 0.05) is 35.4 Å². The minimum atomic E-state index is -0.0705. The van der Waals surface area contributed by atoms with E-state index >= 15 is 0 Å². The molecule has 0 saturated carbocycles. The number of aryl methyl sites for hydroxylation is 1. The summed E-state index contributed by atoms with van der Waals surface area (Å²) in [5.41, 5.74) is 2.73. The molecule has 1 amide bonds. The van der Waals surface area contributed by atoms with Crippen LogP contribution in [0.1, 0.15) is 12.0 Å². The summed E-state index contributed by atoms with van der Waals surface area (Å²) in [6.45, 7) is 3.59. The lowest BCUT2D eigenvalue weighted by Crippen LogP contribution is -2.18. The van der Waals surface area contributed by atoms with Crippen molar-refractivity contribution < 1.29 is 14.3 Å². The predicted octanol–water partition coefficient (Wildman–Crippen LogP) is 3.86. The number of benzene rings is 2. The van der Waals surface area contributed by atoms with Gasteiger partial charge >= 0.3 is 0 Å². The molecule has 0 aromatic heterocycles. The van der Waals surface area contributed by atoms with Gasteiger partial charge in [0.1, 0.15) is 13.2 Å². The number of carbonyl (C=O) groups is 1. The summed E-state index contributed by atoms with van der Waals surface area (Å²) in [5.74, 6) is 1.29.